The van der Waals surface area contributed by atoms with E-state index in [0.717, 1.165) is 29.7 Å². The molecule has 0 aliphatic heterocycles. The van der Waals surface area contributed by atoms with E-state index in [1.807, 2.05) is 36.4 Å². The Morgan fingerprint density at radius 1 is 0.891 bits per heavy atom. The van der Waals surface area contributed by atoms with Gasteiger partial charge >= 0.3 is 0 Å². The molecule has 3 aromatic rings. The highest BCUT2D eigenvalue weighted by Crippen LogP contribution is 2.39. The molecule has 1 amide bonds. The fourth-order valence-corrected chi connectivity index (χ4v) is 6.59. The van der Waals surface area contributed by atoms with Gasteiger partial charge < -0.3 is 5.32 Å². The molecular weight excluding hydrogens is 594 g/mol. The number of hydrogen-bond acceptors (Lipinski definition) is 4. The number of anilines is 1. The van der Waals surface area contributed by atoms with Gasteiger partial charge in [0.05, 0.1) is 11.7 Å². The molecule has 1 aliphatic rings. The third-order valence-corrected chi connectivity index (χ3v) is 9.98. The number of hydrogen-bond donors (Lipinski definition) is 2. The summed E-state index contributed by atoms with van der Waals surface area (Å²) in [4.78, 5) is 26.4. The van der Waals surface area contributed by atoms with E-state index in [0.29, 0.717) is 23.3 Å². The molecule has 2 unspecified atom stereocenters. The molecule has 0 bridgehead atoms. The number of Topliss-reactive ketones (excluding diaryl/α,β-unsaturated/α-hetero) is 1. The predicted molar refractivity (Wildman–Crippen MR) is 188 cm³/mol. The van der Waals surface area contributed by atoms with Gasteiger partial charge in [-0.15, -0.1) is 0 Å². The highest BCUT2D eigenvalue weighted by molar-refractivity contribution is 7.85. The molecule has 0 aromatic heterocycles. The lowest BCUT2D eigenvalue weighted by Crippen LogP contribution is -2.23. The number of carbonyl (C=O) groups is 2. The molecule has 6 nitrogen and oxygen atoms in total. The van der Waals surface area contributed by atoms with Gasteiger partial charge in [-0.05, 0) is 88.8 Å². The van der Waals surface area contributed by atoms with Crippen molar-refractivity contribution >= 4 is 33.1 Å². The zero-order valence-electron chi connectivity index (χ0n) is 28.1. The second-order valence-corrected chi connectivity index (χ2v) is 16.3. The van der Waals surface area contributed by atoms with Gasteiger partial charge in [0.1, 0.15) is 0 Å². The summed E-state index contributed by atoms with van der Waals surface area (Å²) in [6.07, 6.45) is 6.25. The van der Waals surface area contributed by atoms with Crippen LogP contribution in [0.3, 0.4) is 0 Å². The molecule has 3 aromatic carbocycles. The van der Waals surface area contributed by atoms with Gasteiger partial charge in [0.15, 0.2) is 5.78 Å². The van der Waals surface area contributed by atoms with E-state index in [9.17, 15) is 18.0 Å². The van der Waals surface area contributed by atoms with Crippen molar-refractivity contribution in [3.05, 3.63) is 107 Å². The molecule has 0 saturated carbocycles. The first-order valence-corrected chi connectivity index (χ1v) is 17.9. The summed E-state index contributed by atoms with van der Waals surface area (Å²) in [6, 6.07) is 23.5. The van der Waals surface area contributed by atoms with Crippen LogP contribution in [0.25, 0.3) is 5.57 Å². The van der Waals surface area contributed by atoms with Gasteiger partial charge in [0, 0.05) is 17.7 Å². The largest absolute Gasteiger partial charge is 0.326 e. The van der Waals surface area contributed by atoms with Gasteiger partial charge in [0.25, 0.3) is 10.1 Å². The first-order valence-electron chi connectivity index (χ1n) is 16.3. The molecule has 1 aliphatic carbocycles. The summed E-state index contributed by atoms with van der Waals surface area (Å²) in [6.45, 7) is 13.4. The number of carbonyl (C=O) groups excluding carboxylic acids is 2. The Balaban J connectivity index is 1.49. The second-order valence-electron chi connectivity index (χ2n) is 14.8. The maximum atomic E-state index is 13.8. The van der Waals surface area contributed by atoms with Crippen molar-refractivity contribution in [3.63, 3.8) is 0 Å². The first kappa shape index (κ1) is 35.3. The average molecular weight is 644 g/mol. The number of nitrogens with one attached hydrogen (secondary N) is 1. The summed E-state index contributed by atoms with van der Waals surface area (Å²) < 4.78 is 30.9. The van der Waals surface area contributed by atoms with Crippen molar-refractivity contribution in [2.75, 3.05) is 11.1 Å². The Hall–Kier alpha value is -3.55. The van der Waals surface area contributed by atoms with Crippen molar-refractivity contribution in [2.45, 2.75) is 91.4 Å². The van der Waals surface area contributed by atoms with E-state index < -0.39 is 21.8 Å². The van der Waals surface area contributed by atoms with Crippen LogP contribution in [-0.2, 0) is 26.7 Å². The molecule has 0 heterocycles. The molecule has 0 fully saturated rings. The quantitative estimate of drug-likeness (QED) is 0.160. The van der Waals surface area contributed by atoms with E-state index in [1.165, 1.54) is 23.1 Å². The smallest absolute Gasteiger partial charge is 0.264 e. The molecule has 2 atom stereocenters. The number of rotatable bonds is 11. The minimum Gasteiger partial charge on any atom is -0.326 e. The van der Waals surface area contributed by atoms with Crippen LogP contribution in [0.15, 0.2) is 78.9 Å². The SMILES string of the molecule is CC(C)(C)c1ccc(C(Cc2ccc(C(=O)CCCS(=O)(=O)O)cc2)C(=O)Nc2ccc(C3=CCC(C(C)(C)C)CC3)cc2)cc1. The van der Waals surface area contributed by atoms with Crippen LogP contribution >= 0.6 is 0 Å². The highest BCUT2D eigenvalue weighted by atomic mass is 32.2. The van der Waals surface area contributed by atoms with E-state index in [-0.39, 0.29) is 29.9 Å². The Labute approximate surface area is 275 Å². The van der Waals surface area contributed by atoms with E-state index in [4.69, 9.17) is 4.55 Å². The van der Waals surface area contributed by atoms with Gasteiger partial charge in [-0.25, -0.2) is 0 Å². The van der Waals surface area contributed by atoms with Crippen LogP contribution in [0.4, 0.5) is 5.69 Å². The van der Waals surface area contributed by atoms with Gasteiger partial charge in [-0.3, -0.25) is 14.1 Å². The zero-order chi connectivity index (χ0) is 33.7. The number of ketones is 1. The topological polar surface area (TPSA) is 101 Å². The third-order valence-electron chi connectivity index (χ3n) is 9.18. The van der Waals surface area contributed by atoms with E-state index in [2.05, 4.69) is 77.2 Å². The van der Waals surface area contributed by atoms with Crippen LogP contribution in [-0.4, -0.2) is 30.4 Å². The molecule has 246 valence electrons. The fraction of sp³-hybridized carbons (Fsp3) is 0.436. The molecule has 46 heavy (non-hydrogen) atoms. The van der Waals surface area contributed by atoms with Crippen molar-refractivity contribution in [2.24, 2.45) is 11.3 Å². The van der Waals surface area contributed by atoms with Crippen LogP contribution < -0.4 is 5.32 Å². The van der Waals surface area contributed by atoms with Gasteiger partial charge in [0.2, 0.25) is 5.91 Å². The van der Waals surface area contributed by atoms with Crippen LogP contribution in [0.2, 0.25) is 0 Å². The second kappa shape index (κ2) is 14.5. The number of benzene rings is 3. The minimum absolute atomic E-state index is 0.0107. The highest BCUT2D eigenvalue weighted by Gasteiger charge is 2.27. The Morgan fingerprint density at radius 3 is 2.04 bits per heavy atom. The summed E-state index contributed by atoms with van der Waals surface area (Å²) in [5.74, 6) is -0.505. The molecular formula is C39H49NO5S. The maximum Gasteiger partial charge on any atom is 0.264 e. The van der Waals surface area contributed by atoms with Gasteiger partial charge in [-0.2, -0.15) is 8.42 Å². The minimum atomic E-state index is -4.10. The van der Waals surface area contributed by atoms with E-state index in [1.54, 1.807) is 12.1 Å². The fourth-order valence-electron chi connectivity index (χ4n) is 6.08. The lowest BCUT2D eigenvalue weighted by molar-refractivity contribution is -0.117. The number of amides is 1. The van der Waals surface area contributed by atoms with Gasteiger partial charge in [-0.1, -0.05) is 108 Å². The van der Waals surface area contributed by atoms with Crippen molar-refractivity contribution in [1.29, 1.82) is 0 Å². The third kappa shape index (κ3) is 9.97. The Morgan fingerprint density at radius 2 is 1.52 bits per heavy atom. The molecule has 2 N–H and O–H groups in total. The van der Waals surface area contributed by atoms with Crippen LogP contribution in [0, 0.1) is 11.3 Å². The van der Waals surface area contributed by atoms with Crippen molar-refractivity contribution < 1.29 is 22.6 Å². The Bertz CT molecular complexity index is 1640. The molecule has 7 heteroatoms. The standard InChI is InChI=1S/C39H49NO5S/c1-38(2,3)32-19-13-28(14-20-32)29-17-23-34(24-18-29)40-37(42)35(30-15-21-33(22-16-30)39(4,5)6)26-27-9-11-31(12-10-27)36(41)8-7-25-46(43,44)45/h9-13,15-18,21-24,32,35H,7-8,14,19-20,25-26H2,1-6H3,(H,40,42)(H,43,44,45). The van der Waals surface area contributed by atoms with Crippen LogP contribution in [0.1, 0.15) is 112 Å². The van der Waals surface area contributed by atoms with Crippen molar-refractivity contribution in [1.82, 2.24) is 0 Å². The summed E-state index contributed by atoms with van der Waals surface area (Å²) in [7, 11) is -4.10. The molecule has 0 spiro atoms. The van der Waals surface area contributed by atoms with Crippen molar-refractivity contribution in [3.8, 4) is 0 Å². The molecule has 0 radical (unpaired) electrons. The first-order chi connectivity index (χ1) is 21.5. The number of allylic oxidation sites excluding steroid dienone is 2. The maximum absolute atomic E-state index is 13.8. The zero-order valence-corrected chi connectivity index (χ0v) is 28.9. The molecule has 4 rings (SSSR count). The summed E-state index contributed by atoms with van der Waals surface area (Å²) in [5.41, 5.74) is 7.10. The lowest BCUT2D eigenvalue weighted by Gasteiger charge is -2.33. The lowest BCUT2D eigenvalue weighted by atomic mass is 9.72. The van der Waals surface area contributed by atoms with E-state index >= 15 is 0 Å². The summed E-state index contributed by atoms with van der Waals surface area (Å²) in [5, 5.41) is 3.15. The normalized spacial score (nSPS) is 16.4. The monoisotopic (exact) mass is 643 g/mol. The predicted octanol–water partition coefficient (Wildman–Crippen LogP) is 9.03. The Kier molecular flexibility index (Phi) is 11.1. The van der Waals surface area contributed by atoms with Crippen LogP contribution in [0.5, 0.6) is 0 Å². The molecule has 0 saturated heterocycles. The summed E-state index contributed by atoms with van der Waals surface area (Å²) >= 11 is 0. The average Bonchev–Trinajstić information content (AvgIpc) is 2.99.